The van der Waals surface area contributed by atoms with Gasteiger partial charge in [0, 0.05) is 31.9 Å². The normalized spacial score (nSPS) is 13.4. The smallest absolute Gasteiger partial charge is 0.231 e. The van der Waals surface area contributed by atoms with Gasteiger partial charge in [0.2, 0.25) is 6.79 Å². The van der Waals surface area contributed by atoms with Crippen molar-refractivity contribution < 1.29 is 9.47 Å². The van der Waals surface area contributed by atoms with Crippen molar-refractivity contribution in [1.82, 2.24) is 4.90 Å². The van der Waals surface area contributed by atoms with Gasteiger partial charge in [-0.2, -0.15) is 0 Å². The summed E-state index contributed by atoms with van der Waals surface area (Å²) in [7, 11) is 2.19. The van der Waals surface area contributed by atoms with Crippen LogP contribution < -0.4 is 14.4 Å². The van der Waals surface area contributed by atoms with Gasteiger partial charge in [-0.1, -0.05) is 156 Å². The Morgan fingerprint density at radius 2 is 1.14 bits per heavy atom. The Kier molecular flexibility index (Phi) is 29.8. The second kappa shape index (κ2) is 32.5. The highest BCUT2D eigenvalue weighted by Crippen LogP contribution is 2.32. The summed E-state index contributed by atoms with van der Waals surface area (Å²) in [5.41, 5.74) is 7.92. The van der Waals surface area contributed by atoms with Crippen molar-refractivity contribution in [1.29, 1.82) is 0 Å². The molecule has 0 aromatic heterocycles. The molecule has 0 unspecified atom stereocenters. The maximum Gasteiger partial charge on any atom is 0.231 e. The predicted octanol–water partition coefficient (Wildman–Crippen LogP) is 14.0. The molecule has 3 aliphatic rings. The standard InChI is InChI=1S/C14H22N2.C9H10.C8H8O2.C8H10.2C4H8.C3H4.C2H6/c1-12(2)13-4-6-14(7-5-13)16-10-8-15(3)9-11-16;1-2-6-9-7-4-3-5-8-9;1-6-2-3-7-8(4-6)10-5-9-7;1-7-3-5-8(2)6-4-7;1-4-2-3-4;1-3-4-2;1-3-2;1-2/h4-7,12H,8-11H2,1-3H3;2-8H,1H3;2-4H,5H2,1H3;3-6H,1-2H3;4H,2-3H2,1H3;3-4H,1-2H3;1H,2H3;1-2H3/b;6-2+;;;;4-3+;;. The van der Waals surface area contributed by atoms with Gasteiger partial charge in [-0.3, -0.25) is 0 Å². The van der Waals surface area contributed by atoms with Gasteiger partial charge >= 0.3 is 0 Å². The zero-order chi connectivity index (χ0) is 42.1. The second-order valence-electron chi connectivity index (χ2n) is 14.1. The Bertz CT molecular complexity index is 1580. The summed E-state index contributed by atoms with van der Waals surface area (Å²) in [5.74, 6) is 5.67. The second-order valence-corrected chi connectivity index (χ2v) is 14.1. The van der Waals surface area contributed by atoms with E-state index in [-0.39, 0.29) is 0 Å². The number of ether oxygens (including phenoxy) is 2. The highest BCUT2D eigenvalue weighted by molar-refractivity contribution is 5.49. The summed E-state index contributed by atoms with van der Waals surface area (Å²) in [4.78, 5) is 4.86. The van der Waals surface area contributed by atoms with Gasteiger partial charge in [0.25, 0.3) is 0 Å². The number of rotatable bonds is 3. The third-order valence-electron chi connectivity index (χ3n) is 8.53. The maximum atomic E-state index is 5.16. The quantitative estimate of drug-likeness (QED) is 0.153. The van der Waals surface area contributed by atoms with Gasteiger partial charge in [-0.15, -0.1) is 12.3 Å². The number of fused-ring (bicyclic) bond motifs is 1. The van der Waals surface area contributed by atoms with Crippen molar-refractivity contribution >= 4 is 11.8 Å². The first-order chi connectivity index (χ1) is 27.0. The molecule has 0 N–H and O–H groups in total. The number of benzene rings is 4. The van der Waals surface area contributed by atoms with Gasteiger partial charge in [-0.25, -0.2) is 0 Å². The molecule has 2 fully saturated rings. The number of anilines is 1. The van der Waals surface area contributed by atoms with Crippen LogP contribution in [0.25, 0.3) is 6.08 Å². The Labute approximate surface area is 344 Å². The van der Waals surface area contributed by atoms with E-state index in [1.165, 1.54) is 59.4 Å². The molecule has 56 heavy (non-hydrogen) atoms. The molecule has 0 amide bonds. The lowest BCUT2D eigenvalue weighted by Gasteiger charge is -2.34. The van der Waals surface area contributed by atoms with Crippen LogP contribution in [-0.2, 0) is 0 Å². The number of aryl methyl sites for hydroxylation is 3. The lowest BCUT2D eigenvalue weighted by molar-refractivity contribution is 0.174. The van der Waals surface area contributed by atoms with E-state index >= 15 is 0 Å². The van der Waals surface area contributed by atoms with Crippen LogP contribution in [0.3, 0.4) is 0 Å². The number of piperazine rings is 1. The first-order valence-electron chi connectivity index (χ1n) is 20.5. The topological polar surface area (TPSA) is 24.9 Å². The molecule has 0 bridgehead atoms. The lowest BCUT2D eigenvalue weighted by Crippen LogP contribution is -2.44. The molecular weight excluding hydrogens is 685 g/mol. The summed E-state index contributed by atoms with van der Waals surface area (Å²) in [6, 6.07) is 33.7. The molecule has 4 aromatic carbocycles. The SMILES string of the molecule is C#CC.C/C=C/C.C/C=C/c1ccccc1.CC.CC(C)c1ccc(N2CCN(C)CC2)cc1.CC1CC1.Cc1ccc(C)cc1.Cc1ccc2c(c1)OCO2. The molecular formula is C52H76N2O2. The average molecular weight is 761 g/mol. The Morgan fingerprint density at radius 1 is 0.679 bits per heavy atom. The number of terminal acetylenes is 1. The van der Waals surface area contributed by atoms with Crippen molar-refractivity contribution in [2.75, 3.05) is 44.9 Å². The molecule has 0 atom stereocenters. The van der Waals surface area contributed by atoms with Gasteiger partial charge < -0.3 is 19.3 Å². The molecule has 2 heterocycles. The van der Waals surface area contributed by atoms with Crippen LogP contribution in [0.4, 0.5) is 5.69 Å². The van der Waals surface area contributed by atoms with Gasteiger partial charge in [0.15, 0.2) is 11.5 Å². The third kappa shape index (κ3) is 25.4. The fourth-order valence-electron chi connectivity index (χ4n) is 4.70. The largest absolute Gasteiger partial charge is 0.454 e. The van der Waals surface area contributed by atoms with Crippen LogP contribution in [0.1, 0.15) is 109 Å². The number of likely N-dealkylation sites (N-methyl/N-ethyl adjacent to an activating group) is 1. The van der Waals surface area contributed by atoms with E-state index in [1.807, 2.05) is 96.2 Å². The fourth-order valence-corrected chi connectivity index (χ4v) is 4.70. The molecule has 1 saturated heterocycles. The number of allylic oxidation sites excluding steroid dienone is 3. The molecule has 0 radical (unpaired) electrons. The van der Waals surface area contributed by atoms with Crippen molar-refractivity contribution in [3.63, 3.8) is 0 Å². The summed E-state index contributed by atoms with van der Waals surface area (Å²) < 4.78 is 10.3. The van der Waals surface area contributed by atoms with E-state index in [0.717, 1.165) is 30.5 Å². The van der Waals surface area contributed by atoms with E-state index in [1.54, 1.807) is 6.92 Å². The van der Waals surface area contributed by atoms with Crippen LogP contribution in [0.5, 0.6) is 11.5 Å². The summed E-state index contributed by atoms with van der Waals surface area (Å²) >= 11 is 0. The van der Waals surface area contributed by atoms with Crippen LogP contribution in [0.15, 0.2) is 115 Å². The third-order valence-corrected chi connectivity index (χ3v) is 8.53. The van der Waals surface area contributed by atoms with Gasteiger partial charge in [-0.05, 0) is 108 Å². The first kappa shape index (κ1) is 51.3. The van der Waals surface area contributed by atoms with Crippen molar-refractivity contribution in [2.24, 2.45) is 5.92 Å². The highest BCUT2D eigenvalue weighted by Gasteiger charge is 2.14. The molecule has 306 valence electrons. The van der Waals surface area contributed by atoms with E-state index in [9.17, 15) is 0 Å². The number of nitrogens with zero attached hydrogens (tertiary/aromatic N) is 2. The Hall–Kier alpha value is -4.72. The molecule has 2 aliphatic heterocycles. The molecule has 4 aromatic rings. The molecule has 4 heteroatoms. The van der Waals surface area contributed by atoms with Crippen LogP contribution in [0, 0.1) is 39.0 Å². The fraction of sp³-hybridized carbons (Fsp3) is 0.423. The zero-order valence-corrected chi connectivity index (χ0v) is 37.4. The highest BCUT2D eigenvalue weighted by atomic mass is 16.7. The molecule has 1 saturated carbocycles. The minimum atomic E-state index is 0.360. The van der Waals surface area contributed by atoms with Crippen molar-refractivity contribution in [3.05, 3.63) is 143 Å². The van der Waals surface area contributed by atoms with E-state index in [2.05, 4.69) is 131 Å². The summed E-state index contributed by atoms with van der Waals surface area (Å²) in [5, 5.41) is 0. The average Bonchev–Trinajstić information content (AvgIpc) is 3.87. The lowest BCUT2D eigenvalue weighted by atomic mass is 10.0. The van der Waals surface area contributed by atoms with E-state index < -0.39 is 0 Å². The summed E-state index contributed by atoms with van der Waals surface area (Å²) in [6.07, 6.45) is 15.7. The van der Waals surface area contributed by atoms with Crippen molar-refractivity contribution in [2.45, 2.75) is 102 Å². The molecule has 0 spiro atoms. The Morgan fingerprint density at radius 3 is 1.57 bits per heavy atom. The zero-order valence-electron chi connectivity index (χ0n) is 37.4. The minimum Gasteiger partial charge on any atom is -0.454 e. The predicted molar refractivity (Wildman–Crippen MR) is 249 cm³/mol. The van der Waals surface area contributed by atoms with Crippen LogP contribution in [-0.4, -0.2) is 44.9 Å². The van der Waals surface area contributed by atoms with Crippen LogP contribution in [0.2, 0.25) is 0 Å². The summed E-state index contributed by atoms with van der Waals surface area (Å²) in [6.45, 7) is 29.7. The number of hydrogen-bond acceptors (Lipinski definition) is 4. The van der Waals surface area contributed by atoms with Gasteiger partial charge in [0.05, 0.1) is 0 Å². The monoisotopic (exact) mass is 761 g/mol. The Balaban J connectivity index is 0.000000667. The van der Waals surface area contributed by atoms with Gasteiger partial charge in [0.1, 0.15) is 0 Å². The maximum absolute atomic E-state index is 5.16. The number of hydrogen-bond donors (Lipinski definition) is 0. The van der Waals surface area contributed by atoms with Crippen LogP contribution >= 0.6 is 0 Å². The molecule has 7 rings (SSSR count). The van der Waals surface area contributed by atoms with Crippen molar-refractivity contribution in [3.8, 4) is 23.8 Å². The first-order valence-corrected chi connectivity index (χ1v) is 20.5. The van der Waals surface area contributed by atoms with E-state index in [0.29, 0.717) is 12.7 Å². The van der Waals surface area contributed by atoms with E-state index in [4.69, 9.17) is 9.47 Å². The molecule has 1 aliphatic carbocycles. The molecule has 4 nitrogen and oxygen atoms in total. The minimum absolute atomic E-state index is 0.360.